The molecule has 3 aromatic rings. The van der Waals surface area contributed by atoms with Gasteiger partial charge in [0.2, 0.25) is 11.8 Å². The number of rotatable bonds is 3. The zero-order chi connectivity index (χ0) is 20.5. The third-order valence-electron chi connectivity index (χ3n) is 5.63. The molecule has 1 aromatic heterocycles. The van der Waals surface area contributed by atoms with Crippen molar-refractivity contribution in [2.24, 2.45) is 5.73 Å². The fourth-order valence-corrected chi connectivity index (χ4v) is 4.09. The molecule has 2 amide bonds. The van der Waals surface area contributed by atoms with E-state index in [1.165, 1.54) is 0 Å². The van der Waals surface area contributed by atoms with Gasteiger partial charge in [-0.15, -0.1) is 0 Å². The maximum atomic E-state index is 11.7. The zero-order valence-electron chi connectivity index (χ0n) is 16.1. The quantitative estimate of drug-likeness (QED) is 0.739. The second-order valence-corrected chi connectivity index (χ2v) is 7.35. The molecule has 0 bridgehead atoms. The van der Waals surface area contributed by atoms with Gasteiger partial charge in [-0.2, -0.15) is 5.26 Å². The number of primary amides is 1. The monoisotopic (exact) mass is 387 g/mol. The molecule has 2 aromatic carbocycles. The Morgan fingerprint density at radius 1 is 1.17 bits per heavy atom. The number of nitriles is 1. The average molecular weight is 387 g/mol. The van der Waals surface area contributed by atoms with Crippen LogP contribution in [0.2, 0.25) is 0 Å². The smallest absolute Gasteiger partial charge is 0.248 e. The zero-order valence-corrected chi connectivity index (χ0v) is 16.1. The first kappa shape index (κ1) is 18.8. The molecular formula is C23H21N3O3. The molecule has 0 radical (unpaired) electrons. The average Bonchev–Trinajstić information content (AvgIpc) is 3.12. The summed E-state index contributed by atoms with van der Waals surface area (Å²) in [5.74, 6) is 0.488. The molecule has 1 fully saturated rings. The normalized spacial score (nSPS) is 14.7. The molecule has 0 aliphatic carbocycles. The highest BCUT2D eigenvalue weighted by molar-refractivity contribution is 6.02. The van der Waals surface area contributed by atoms with Crippen LogP contribution in [0.25, 0.3) is 22.1 Å². The molecule has 2 heterocycles. The minimum atomic E-state index is -0.510. The maximum Gasteiger partial charge on any atom is 0.248 e. The van der Waals surface area contributed by atoms with Crippen molar-refractivity contribution in [2.75, 3.05) is 13.1 Å². The number of fused-ring (bicyclic) bond motifs is 1. The highest BCUT2D eigenvalue weighted by atomic mass is 16.3. The van der Waals surface area contributed by atoms with Crippen LogP contribution in [0.15, 0.2) is 46.9 Å². The Balaban J connectivity index is 1.89. The van der Waals surface area contributed by atoms with Crippen LogP contribution in [0.1, 0.15) is 47.4 Å². The summed E-state index contributed by atoms with van der Waals surface area (Å²) in [5.41, 5.74) is 8.69. The topological polar surface area (TPSA) is 100 Å². The van der Waals surface area contributed by atoms with E-state index in [1.54, 1.807) is 31.2 Å². The number of benzene rings is 2. The molecule has 1 aliphatic rings. The van der Waals surface area contributed by atoms with Crippen LogP contribution >= 0.6 is 0 Å². The van der Waals surface area contributed by atoms with Gasteiger partial charge < -0.3 is 15.1 Å². The van der Waals surface area contributed by atoms with Crippen molar-refractivity contribution in [1.82, 2.24) is 4.90 Å². The number of piperidine rings is 1. The van der Waals surface area contributed by atoms with Crippen molar-refractivity contribution >= 4 is 22.8 Å². The van der Waals surface area contributed by atoms with E-state index in [4.69, 9.17) is 10.2 Å². The Labute approximate surface area is 168 Å². The molecule has 0 unspecified atom stereocenters. The van der Waals surface area contributed by atoms with Crippen LogP contribution in [0.3, 0.4) is 0 Å². The van der Waals surface area contributed by atoms with Gasteiger partial charge in [0.15, 0.2) is 0 Å². The van der Waals surface area contributed by atoms with Gasteiger partial charge in [-0.3, -0.25) is 9.59 Å². The lowest BCUT2D eigenvalue weighted by Crippen LogP contribution is -2.36. The summed E-state index contributed by atoms with van der Waals surface area (Å²) >= 11 is 0. The van der Waals surface area contributed by atoms with Crippen LogP contribution in [0, 0.1) is 11.3 Å². The highest BCUT2D eigenvalue weighted by Gasteiger charge is 2.29. The van der Waals surface area contributed by atoms with Crippen molar-refractivity contribution in [3.63, 3.8) is 0 Å². The summed E-state index contributed by atoms with van der Waals surface area (Å²) in [6.45, 7) is 2.92. The number of nitrogens with two attached hydrogens (primary N) is 1. The lowest BCUT2D eigenvalue weighted by molar-refractivity contribution is -0.129. The number of hydrogen-bond donors (Lipinski definition) is 1. The van der Waals surface area contributed by atoms with E-state index in [2.05, 4.69) is 6.07 Å². The van der Waals surface area contributed by atoms with Crippen LogP contribution in [0.5, 0.6) is 0 Å². The van der Waals surface area contributed by atoms with E-state index < -0.39 is 5.91 Å². The highest BCUT2D eigenvalue weighted by Crippen LogP contribution is 2.43. The molecule has 0 spiro atoms. The van der Waals surface area contributed by atoms with Gasteiger partial charge in [0.05, 0.1) is 11.6 Å². The number of likely N-dealkylation sites (tertiary alicyclic amines) is 1. The first-order valence-electron chi connectivity index (χ1n) is 9.61. The SMILES string of the molecule is CC(=O)N1CCC(c2oc3ccc(C(N)=O)cc3c2-c2ccccc2C#N)CC1. The lowest BCUT2D eigenvalue weighted by atomic mass is 9.87. The van der Waals surface area contributed by atoms with Crippen LogP contribution in [-0.4, -0.2) is 29.8 Å². The van der Waals surface area contributed by atoms with Crippen molar-refractivity contribution in [2.45, 2.75) is 25.7 Å². The minimum absolute atomic E-state index is 0.0780. The van der Waals surface area contributed by atoms with Gasteiger partial charge >= 0.3 is 0 Å². The molecule has 6 nitrogen and oxygen atoms in total. The van der Waals surface area contributed by atoms with Crippen LogP contribution in [0.4, 0.5) is 0 Å². The maximum absolute atomic E-state index is 11.7. The molecule has 0 saturated carbocycles. The second kappa shape index (κ2) is 7.44. The van der Waals surface area contributed by atoms with Gasteiger partial charge in [0.25, 0.3) is 0 Å². The van der Waals surface area contributed by atoms with Gasteiger partial charge in [0, 0.05) is 48.0 Å². The minimum Gasteiger partial charge on any atom is -0.460 e. The summed E-state index contributed by atoms with van der Waals surface area (Å²) in [6, 6.07) is 14.8. The summed E-state index contributed by atoms with van der Waals surface area (Å²) in [7, 11) is 0. The number of carbonyl (C=O) groups is 2. The van der Waals surface area contributed by atoms with Crippen molar-refractivity contribution < 1.29 is 14.0 Å². The number of furan rings is 1. The standard InChI is InChI=1S/C23H21N3O3/c1-14(27)26-10-8-15(9-11-26)22-21(18-5-3-2-4-17(18)13-24)19-12-16(23(25)28)6-7-20(19)29-22/h2-7,12,15H,8-11H2,1H3,(H2,25,28). The summed E-state index contributed by atoms with van der Waals surface area (Å²) in [4.78, 5) is 25.2. The predicted octanol–water partition coefficient (Wildman–Crippen LogP) is 3.80. The van der Waals surface area contributed by atoms with Gasteiger partial charge in [-0.1, -0.05) is 18.2 Å². The molecule has 1 aliphatic heterocycles. The van der Waals surface area contributed by atoms with E-state index in [0.29, 0.717) is 29.8 Å². The number of hydrogen-bond acceptors (Lipinski definition) is 4. The number of amides is 2. The van der Waals surface area contributed by atoms with Gasteiger partial charge in [-0.05, 0) is 37.1 Å². The summed E-state index contributed by atoms with van der Waals surface area (Å²) < 4.78 is 6.26. The van der Waals surface area contributed by atoms with E-state index in [0.717, 1.165) is 35.1 Å². The fourth-order valence-electron chi connectivity index (χ4n) is 4.09. The Hall–Kier alpha value is -3.59. The summed E-state index contributed by atoms with van der Waals surface area (Å²) in [6.07, 6.45) is 1.56. The van der Waals surface area contributed by atoms with E-state index in [-0.39, 0.29) is 11.8 Å². The molecule has 4 rings (SSSR count). The molecule has 29 heavy (non-hydrogen) atoms. The number of carbonyl (C=O) groups excluding carboxylic acids is 2. The molecule has 146 valence electrons. The Morgan fingerprint density at radius 3 is 2.55 bits per heavy atom. The van der Waals surface area contributed by atoms with Crippen LogP contribution in [-0.2, 0) is 4.79 Å². The largest absolute Gasteiger partial charge is 0.460 e. The van der Waals surface area contributed by atoms with Gasteiger partial charge in [0.1, 0.15) is 11.3 Å². The summed E-state index contributed by atoms with van der Waals surface area (Å²) in [5, 5.41) is 10.4. The van der Waals surface area contributed by atoms with E-state index in [1.807, 2.05) is 23.1 Å². The van der Waals surface area contributed by atoms with Crippen molar-refractivity contribution in [3.8, 4) is 17.2 Å². The van der Waals surface area contributed by atoms with E-state index in [9.17, 15) is 14.9 Å². The van der Waals surface area contributed by atoms with Crippen molar-refractivity contribution in [3.05, 3.63) is 59.4 Å². The number of nitrogens with zero attached hydrogens (tertiary/aromatic N) is 2. The molecule has 1 saturated heterocycles. The first-order chi connectivity index (χ1) is 14.0. The fraction of sp³-hybridized carbons (Fsp3) is 0.261. The molecule has 2 N–H and O–H groups in total. The Kier molecular flexibility index (Phi) is 4.81. The third kappa shape index (κ3) is 3.36. The predicted molar refractivity (Wildman–Crippen MR) is 109 cm³/mol. The van der Waals surface area contributed by atoms with Crippen molar-refractivity contribution in [1.29, 1.82) is 5.26 Å². The Bertz CT molecular complexity index is 1150. The molecular weight excluding hydrogens is 366 g/mol. The molecule has 6 heteroatoms. The lowest BCUT2D eigenvalue weighted by Gasteiger charge is -2.30. The van der Waals surface area contributed by atoms with Crippen LogP contribution < -0.4 is 5.73 Å². The van der Waals surface area contributed by atoms with Gasteiger partial charge in [-0.25, -0.2) is 0 Å². The van der Waals surface area contributed by atoms with E-state index >= 15 is 0 Å². The second-order valence-electron chi connectivity index (χ2n) is 7.35. The first-order valence-corrected chi connectivity index (χ1v) is 9.61. The third-order valence-corrected chi connectivity index (χ3v) is 5.63. The Morgan fingerprint density at radius 2 is 1.90 bits per heavy atom. The molecule has 0 atom stereocenters.